The van der Waals surface area contributed by atoms with Gasteiger partial charge in [-0.05, 0) is 44.9 Å². The summed E-state index contributed by atoms with van der Waals surface area (Å²) in [7, 11) is 0. The minimum absolute atomic E-state index is 0.0897. The molecule has 106 valence electrons. The van der Waals surface area contributed by atoms with Crippen LogP contribution < -0.4 is 10.9 Å². The number of benzene rings is 1. The number of halogens is 1. The number of amides is 1. The van der Waals surface area contributed by atoms with Crippen LogP contribution in [0.1, 0.15) is 45.7 Å². The van der Waals surface area contributed by atoms with Crippen LogP contribution in [0.4, 0.5) is 9.18 Å². The largest absolute Gasteiger partial charge is 0.443 e. The average Bonchev–Trinajstić information content (AvgIpc) is 2.29. The van der Waals surface area contributed by atoms with E-state index in [0.29, 0.717) is 0 Å². The van der Waals surface area contributed by atoms with Crippen LogP contribution in [0.3, 0.4) is 0 Å². The minimum atomic E-state index is -0.538. The number of carbonyl (C=O) groups is 1. The lowest BCUT2D eigenvalue weighted by Crippen LogP contribution is -2.42. The van der Waals surface area contributed by atoms with Gasteiger partial charge in [0, 0.05) is 0 Å². The van der Waals surface area contributed by atoms with E-state index in [2.05, 4.69) is 10.9 Å². The van der Waals surface area contributed by atoms with Gasteiger partial charge >= 0.3 is 6.09 Å². The minimum Gasteiger partial charge on any atom is -0.443 e. The zero-order valence-electron chi connectivity index (χ0n) is 11.8. The number of rotatable bonds is 4. The molecule has 0 aliphatic heterocycles. The fourth-order valence-electron chi connectivity index (χ4n) is 1.57. The van der Waals surface area contributed by atoms with E-state index < -0.39 is 11.7 Å². The molecule has 5 heteroatoms. The van der Waals surface area contributed by atoms with Crippen LogP contribution in [0.5, 0.6) is 0 Å². The zero-order chi connectivity index (χ0) is 14.5. The monoisotopic (exact) mass is 268 g/mol. The van der Waals surface area contributed by atoms with Gasteiger partial charge in [0.1, 0.15) is 11.4 Å². The Morgan fingerprint density at radius 1 is 1.32 bits per heavy atom. The van der Waals surface area contributed by atoms with E-state index >= 15 is 0 Å². The first kappa shape index (κ1) is 15.4. The lowest BCUT2D eigenvalue weighted by atomic mass is 10.1. The number of hydrogen-bond acceptors (Lipinski definition) is 3. The van der Waals surface area contributed by atoms with Crippen molar-refractivity contribution in [1.29, 1.82) is 0 Å². The number of carbonyl (C=O) groups excluding carboxylic acids is 1. The second-order valence-corrected chi connectivity index (χ2v) is 5.28. The summed E-state index contributed by atoms with van der Waals surface area (Å²) in [6.07, 6.45) is 0.217. The van der Waals surface area contributed by atoms with Crippen LogP contribution >= 0.6 is 0 Å². The van der Waals surface area contributed by atoms with Crippen LogP contribution in [-0.2, 0) is 4.74 Å². The number of ether oxygens (including phenoxy) is 1. The molecule has 1 aromatic carbocycles. The van der Waals surface area contributed by atoms with Gasteiger partial charge < -0.3 is 4.74 Å². The third-order valence-corrected chi connectivity index (χ3v) is 2.43. The second-order valence-electron chi connectivity index (χ2n) is 5.28. The molecule has 1 amide bonds. The van der Waals surface area contributed by atoms with Gasteiger partial charge in [-0.2, -0.15) is 0 Å². The number of nitrogens with one attached hydrogen (secondary N) is 2. The molecular weight excluding hydrogens is 247 g/mol. The van der Waals surface area contributed by atoms with Gasteiger partial charge in [0.05, 0.1) is 6.04 Å². The quantitative estimate of drug-likeness (QED) is 0.824. The van der Waals surface area contributed by atoms with Crippen molar-refractivity contribution in [3.8, 4) is 0 Å². The van der Waals surface area contributed by atoms with Crippen molar-refractivity contribution >= 4 is 6.09 Å². The lowest BCUT2D eigenvalue weighted by Gasteiger charge is -2.22. The summed E-state index contributed by atoms with van der Waals surface area (Å²) in [5, 5.41) is 0. The average molecular weight is 268 g/mol. The SMILES string of the molecule is CCC(NNC(=O)OC(C)(C)C)c1ccc(F)cc1. The normalized spacial score (nSPS) is 12.9. The Labute approximate surface area is 113 Å². The Morgan fingerprint density at radius 3 is 2.37 bits per heavy atom. The highest BCUT2D eigenvalue weighted by molar-refractivity contribution is 5.67. The summed E-state index contributed by atoms with van der Waals surface area (Å²) in [6, 6.07) is 6.08. The van der Waals surface area contributed by atoms with Crippen LogP contribution in [0.15, 0.2) is 24.3 Å². The predicted molar refractivity (Wildman–Crippen MR) is 71.9 cm³/mol. The van der Waals surface area contributed by atoms with Crippen molar-refractivity contribution < 1.29 is 13.9 Å². The molecule has 0 spiro atoms. The molecule has 2 N–H and O–H groups in total. The number of hydrogen-bond donors (Lipinski definition) is 2. The highest BCUT2D eigenvalue weighted by Crippen LogP contribution is 2.16. The fraction of sp³-hybridized carbons (Fsp3) is 0.500. The van der Waals surface area contributed by atoms with Crippen molar-refractivity contribution in [2.75, 3.05) is 0 Å². The van der Waals surface area contributed by atoms with Crippen molar-refractivity contribution in [3.05, 3.63) is 35.6 Å². The highest BCUT2D eigenvalue weighted by atomic mass is 19.1. The molecule has 0 radical (unpaired) electrons. The third-order valence-electron chi connectivity index (χ3n) is 2.43. The Balaban J connectivity index is 2.54. The summed E-state index contributed by atoms with van der Waals surface area (Å²) >= 11 is 0. The van der Waals surface area contributed by atoms with E-state index in [0.717, 1.165) is 12.0 Å². The smallest absolute Gasteiger partial charge is 0.422 e. The molecule has 1 rings (SSSR count). The molecule has 0 aliphatic carbocycles. The zero-order valence-corrected chi connectivity index (χ0v) is 11.8. The molecule has 0 fully saturated rings. The first-order valence-electron chi connectivity index (χ1n) is 6.32. The molecule has 0 saturated heterocycles. The second kappa shape index (κ2) is 6.52. The maximum atomic E-state index is 12.8. The standard InChI is InChI=1S/C14H21FN2O2/c1-5-12(10-6-8-11(15)9-7-10)16-17-13(18)19-14(2,3)4/h6-9,12,16H,5H2,1-4H3,(H,17,18). The van der Waals surface area contributed by atoms with E-state index in [1.165, 1.54) is 12.1 Å². The van der Waals surface area contributed by atoms with Gasteiger partial charge in [-0.1, -0.05) is 19.1 Å². The Bertz CT molecular complexity index is 412. The van der Waals surface area contributed by atoms with E-state index in [4.69, 9.17) is 4.74 Å². The summed E-state index contributed by atoms with van der Waals surface area (Å²) < 4.78 is 18.0. The van der Waals surface area contributed by atoms with E-state index in [1.807, 2.05) is 6.92 Å². The van der Waals surface area contributed by atoms with E-state index in [1.54, 1.807) is 32.9 Å². The lowest BCUT2D eigenvalue weighted by molar-refractivity contribution is 0.0487. The molecule has 4 nitrogen and oxygen atoms in total. The third kappa shape index (κ3) is 5.70. The van der Waals surface area contributed by atoms with Crippen molar-refractivity contribution in [3.63, 3.8) is 0 Å². The Kier molecular flexibility index (Phi) is 5.30. The predicted octanol–water partition coefficient (Wildman–Crippen LogP) is 3.31. The van der Waals surface area contributed by atoms with Crippen molar-refractivity contribution in [2.45, 2.75) is 45.8 Å². The topological polar surface area (TPSA) is 50.4 Å². The van der Waals surface area contributed by atoms with Crippen LogP contribution in [0, 0.1) is 5.82 Å². The van der Waals surface area contributed by atoms with Crippen LogP contribution in [-0.4, -0.2) is 11.7 Å². The first-order valence-corrected chi connectivity index (χ1v) is 6.32. The van der Waals surface area contributed by atoms with Gasteiger partial charge in [0.15, 0.2) is 0 Å². The molecule has 0 bridgehead atoms. The van der Waals surface area contributed by atoms with Crippen molar-refractivity contribution in [2.24, 2.45) is 0 Å². The first-order chi connectivity index (χ1) is 8.81. The maximum Gasteiger partial charge on any atom is 0.422 e. The number of hydrazine groups is 1. The summed E-state index contributed by atoms with van der Waals surface area (Å²) in [4.78, 5) is 11.5. The summed E-state index contributed by atoms with van der Waals surface area (Å²) in [6.45, 7) is 7.36. The molecular formula is C14H21FN2O2. The molecule has 0 saturated carbocycles. The highest BCUT2D eigenvalue weighted by Gasteiger charge is 2.17. The van der Waals surface area contributed by atoms with Crippen molar-refractivity contribution in [1.82, 2.24) is 10.9 Å². The molecule has 1 aromatic rings. The summed E-state index contributed by atoms with van der Waals surface area (Å²) in [5.41, 5.74) is 5.74. The van der Waals surface area contributed by atoms with Gasteiger partial charge in [0.25, 0.3) is 0 Å². The van der Waals surface area contributed by atoms with Crippen LogP contribution in [0.2, 0.25) is 0 Å². The Hall–Kier alpha value is -1.62. The fourth-order valence-corrected chi connectivity index (χ4v) is 1.57. The molecule has 1 unspecified atom stereocenters. The molecule has 0 aromatic heterocycles. The van der Waals surface area contributed by atoms with E-state index in [9.17, 15) is 9.18 Å². The Morgan fingerprint density at radius 2 is 1.89 bits per heavy atom. The molecule has 0 heterocycles. The summed E-state index contributed by atoms with van der Waals surface area (Å²) in [5.74, 6) is -0.279. The van der Waals surface area contributed by atoms with Crippen LogP contribution in [0.25, 0.3) is 0 Å². The molecule has 19 heavy (non-hydrogen) atoms. The van der Waals surface area contributed by atoms with Gasteiger partial charge in [-0.25, -0.2) is 14.6 Å². The van der Waals surface area contributed by atoms with Gasteiger partial charge in [-0.3, -0.25) is 5.43 Å². The van der Waals surface area contributed by atoms with E-state index in [-0.39, 0.29) is 11.9 Å². The molecule has 0 aliphatic rings. The van der Waals surface area contributed by atoms with Gasteiger partial charge in [0.2, 0.25) is 0 Å². The maximum absolute atomic E-state index is 12.8. The molecule has 1 atom stereocenters. The van der Waals surface area contributed by atoms with Gasteiger partial charge in [-0.15, -0.1) is 0 Å².